The SMILES string of the molecule is COCCCOc1ccnc(CSc2nc3cc(-c4cc[nH]c4)ccc3[nH]2)c1C. The van der Waals surface area contributed by atoms with Crippen molar-refractivity contribution in [3.8, 4) is 16.9 Å². The van der Waals surface area contributed by atoms with Crippen LogP contribution in [0.5, 0.6) is 5.75 Å². The molecule has 0 saturated carbocycles. The molecule has 0 saturated heterocycles. The molecule has 0 radical (unpaired) electrons. The number of rotatable bonds is 9. The van der Waals surface area contributed by atoms with Crippen LogP contribution in [0.15, 0.2) is 54.1 Å². The largest absolute Gasteiger partial charge is 0.493 e. The minimum atomic E-state index is 0.637. The van der Waals surface area contributed by atoms with Crippen LogP contribution in [0.3, 0.4) is 0 Å². The smallest absolute Gasteiger partial charge is 0.166 e. The van der Waals surface area contributed by atoms with Crippen LogP contribution in [0.25, 0.3) is 22.2 Å². The van der Waals surface area contributed by atoms with Crippen molar-refractivity contribution in [2.24, 2.45) is 0 Å². The van der Waals surface area contributed by atoms with E-state index in [9.17, 15) is 0 Å². The van der Waals surface area contributed by atoms with Gasteiger partial charge < -0.3 is 19.4 Å². The van der Waals surface area contributed by atoms with Crippen LogP contribution in [-0.2, 0) is 10.5 Å². The first kappa shape index (κ1) is 19.5. The molecule has 4 rings (SSSR count). The lowest BCUT2D eigenvalue weighted by atomic mass is 10.1. The topological polar surface area (TPSA) is 75.8 Å². The van der Waals surface area contributed by atoms with Crippen LogP contribution in [0.2, 0.25) is 0 Å². The number of H-pyrrole nitrogens is 2. The van der Waals surface area contributed by atoms with E-state index in [0.29, 0.717) is 13.2 Å². The maximum atomic E-state index is 5.87. The van der Waals surface area contributed by atoms with Crippen molar-refractivity contribution < 1.29 is 9.47 Å². The van der Waals surface area contributed by atoms with Crippen molar-refractivity contribution in [1.82, 2.24) is 19.9 Å². The Bertz CT molecular complexity index is 1080. The lowest BCUT2D eigenvalue weighted by Crippen LogP contribution is -2.04. The quantitative estimate of drug-likeness (QED) is 0.302. The van der Waals surface area contributed by atoms with Crippen LogP contribution >= 0.6 is 11.8 Å². The number of fused-ring (bicyclic) bond motifs is 1. The van der Waals surface area contributed by atoms with Gasteiger partial charge in [0.25, 0.3) is 0 Å². The Morgan fingerprint density at radius 1 is 1.10 bits per heavy atom. The van der Waals surface area contributed by atoms with Gasteiger partial charge in [0, 0.05) is 50.0 Å². The van der Waals surface area contributed by atoms with E-state index in [1.54, 1.807) is 25.1 Å². The van der Waals surface area contributed by atoms with Crippen molar-refractivity contribution in [3.63, 3.8) is 0 Å². The van der Waals surface area contributed by atoms with Gasteiger partial charge >= 0.3 is 0 Å². The van der Waals surface area contributed by atoms with Crippen molar-refractivity contribution in [2.45, 2.75) is 24.3 Å². The van der Waals surface area contributed by atoms with Crippen molar-refractivity contribution in [2.75, 3.05) is 20.3 Å². The third kappa shape index (κ3) is 4.63. The summed E-state index contributed by atoms with van der Waals surface area (Å²) in [7, 11) is 1.70. The molecule has 0 bridgehead atoms. The molecule has 0 atom stereocenters. The fourth-order valence-corrected chi connectivity index (χ4v) is 4.03. The molecule has 0 aliphatic heterocycles. The summed E-state index contributed by atoms with van der Waals surface area (Å²) in [5.74, 6) is 1.61. The highest BCUT2D eigenvalue weighted by Crippen LogP contribution is 2.29. The fourth-order valence-electron chi connectivity index (χ4n) is 3.12. The van der Waals surface area contributed by atoms with Gasteiger partial charge in [-0.15, -0.1) is 0 Å². The number of aromatic nitrogens is 4. The summed E-state index contributed by atoms with van der Waals surface area (Å²) in [4.78, 5) is 15.8. The maximum absolute atomic E-state index is 5.87. The van der Waals surface area contributed by atoms with Crippen LogP contribution in [0.4, 0.5) is 0 Å². The van der Waals surface area contributed by atoms with E-state index in [-0.39, 0.29) is 0 Å². The van der Waals surface area contributed by atoms with E-state index < -0.39 is 0 Å². The summed E-state index contributed by atoms with van der Waals surface area (Å²) in [5, 5.41) is 0.888. The Kier molecular flexibility index (Phi) is 6.17. The first-order chi connectivity index (χ1) is 14.2. The van der Waals surface area contributed by atoms with Gasteiger partial charge in [0.1, 0.15) is 5.75 Å². The number of thioether (sulfide) groups is 1. The van der Waals surface area contributed by atoms with Gasteiger partial charge in [0.15, 0.2) is 5.16 Å². The van der Waals surface area contributed by atoms with Crippen LogP contribution < -0.4 is 4.74 Å². The molecule has 0 aliphatic carbocycles. The molecule has 29 heavy (non-hydrogen) atoms. The first-order valence-corrected chi connectivity index (χ1v) is 10.5. The normalized spacial score (nSPS) is 11.2. The highest BCUT2D eigenvalue weighted by molar-refractivity contribution is 7.98. The zero-order chi connectivity index (χ0) is 20.1. The summed E-state index contributed by atoms with van der Waals surface area (Å²) in [6.07, 6.45) is 6.58. The number of aromatic amines is 2. The van der Waals surface area contributed by atoms with Crippen molar-refractivity contribution in [1.29, 1.82) is 0 Å². The Morgan fingerprint density at radius 2 is 2.03 bits per heavy atom. The molecule has 6 nitrogen and oxygen atoms in total. The highest BCUT2D eigenvalue weighted by Gasteiger charge is 2.10. The van der Waals surface area contributed by atoms with Gasteiger partial charge in [0.05, 0.1) is 23.3 Å². The van der Waals surface area contributed by atoms with E-state index in [0.717, 1.165) is 56.5 Å². The Labute approximate surface area is 174 Å². The number of benzene rings is 1. The van der Waals surface area contributed by atoms with Crippen molar-refractivity contribution >= 4 is 22.8 Å². The minimum absolute atomic E-state index is 0.637. The number of pyridine rings is 1. The number of methoxy groups -OCH3 is 1. The molecule has 1 aromatic carbocycles. The molecule has 0 spiro atoms. The molecule has 2 N–H and O–H groups in total. The van der Waals surface area contributed by atoms with Gasteiger partial charge in [0.2, 0.25) is 0 Å². The van der Waals surface area contributed by atoms with Gasteiger partial charge in [-0.3, -0.25) is 4.98 Å². The molecule has 3 aromatic heterocycles. The van der Waals surface area contributed by atoms with Gasteiger partial charge in [-0.25, -0.2) is 4.98 Å². The molecule has 3 heterocycles. The molecule has 0 aliphatic rings. The average Bonchev–Trinajstić information content (AvgIpc) is 3.40. The highest BCUT2D eigenvalue weighted by atomic mass is 32.2. The van der Waals surface area contributed by atoms with Crippen LogP contribution in [0.1, 0.15) is 17.7 Å². The van der Waals surface area contributed by atoms with Gasteiger partial charge in [-0.1, -0.05) is 17.8 Å². The number of hydrogen-bond donors (Lipinski definition) is 2. The monoisotopic (exact) mass is 408 g/mol. The number of imidazole rings is 1. The van der Waals surface area contributed by atoms with E-state index in [4.69, 9.17) is 14.5 Å². The third-order valence-electron chi connectivity index (χ3n) is 4.75. The number of nitrogens with zero attached hydrogens (tertiary/aromatic N) is 2. The number of hydrogen-bond acceptors (Lipinski definition) is 5. The number of nitrogens with one attached hydrogen (secondary N) is 2. The number of ether oxygens (including phenoxy) is 2. The molecule has 7 heteroatoms. The van der Waals surface area contributed by atoms with E-state index in [1.807, 2.05) is 18.5 Å². The van der Waals surface area contributed by atoms with E-state index in [1.165, 1.54) is 0 Å². The summed E-state index contributed by atoms with van der Waals surface area (Å²) in [6.45, 7) is 3.39. The predicted octanol–water partition coefficient (Wildman–Crippen LogP) is 4.97. The maximum Gasteiger partial charge on any atom is 0.166 e. The van der Waals surface area contributed by atoms with Crippen molar-refractivity contribution in [3.05, 3.63) is 60.2 Å². The summed E-state index contributed by atoms with van der Waals surface area (Å²) < 4.78 is 10.9. The Hall–Kier alpha value is -2.77. The fraction of sp³-hybridized carbons (Fsp3) is 0.273. The first-order valence-electron chi connectivity index (χ1n) is 9.56. The standard InChI is InChI=1S/C22H24N4O2S/c1-15-20(24-9-7-21(15)28-11-3-10-27-2)14-29-22-25-18-5-4-16(12-19(18)26-22)17-6-8-23-13-17/h4-9,12-13,23H,3,10-11,14H2,1-2H3,(H,25,26). The van der Waals surface area contributed by atoms with Gasteiger partial charge in [-0.2, -0.15) is 0 Å². The van der Waals surface area contributed by atoms with E-state index >= 15 is 0 Å². The molecule has 4 aromatic rings. The minimum Gasteiger partial charge on any atom is -0.493 e. The summed E-state index contributed by atoms with van der Waals surface area (Å²) in [6, 6.07) is 10.3. The predicted molar refractivity (Wildman–Crippen MR) is 116 cm³/mol. The Morgan fingerprint density at radius 3 is 2.86 bits per heavy atom. The van der Waals surface area contributed by atoms with Gasteiger partial charge in [-0.05, 0) is 42.3 Å². The van der Waals surface area contributed by atoms with E-state index in [2.05, 4.69) is 46.1 Å². The molecule has 0 amide bonds. The second-order valence-corrected chi connectivity index (χ2v) is 7.70. The zero-order valence-electron chi connectivity index (χ0n) is 16.6. The average molecular weight is 409 g/mol. The zero-order valence-corrected chi connectivity index (χ0v) is 17.4. The summed E-state index contributed by atoms with van der Waals surface area (Å²) in [5.41, 5.74) is 6.39. The van der Waals surface area contributed by atoms with Crippen LogP contribution in [0, 0.1) is 6.92 Å². The lowest BCUT2D eigenvalue weighted by Gasteiger charge is -2.11. The molecular weight excluding hydrogens is 384 g/mol. The van der Waals surface area contributed by atoms with Crippen LogP contribution in [-0.4, -0.2) is 40.3 Å². The second kappa shape index (κ2) is 9.15. The molecule has 0 fully saturated rings. The lowest BCUT2D eigenvalue weighted by molar-refractivity contribution is 0.172. The molecule has 150 valence electrons. The summed E-state index contributed by atoms with van der Waals surface area (Å²) >= 11 is 1.65. The molecule has 0 unspecified atom stereocenters. The molecular formula is C22H24N4O2S. The third-order valence-corrected chi connectivity index (χ3v) is 5.63. The second-order valence-electron chi connectivity index (χ2n) is 6.74. The Balaban J connectivity index is 1.44.